The maximum atomic E-state index is 3.15. The van der Waals surface area contributed by atoms with Gasteiger partial charge in [0.25, 0.3) is 0 Å². The first-order valence-electron chi connectivity index (χ1n) is 6.37. The molecule has 0 aromatic heterocycles. The van der Waals surface area contributed by atoms with Crippen LogP contribution in [0.25, 0.3) is 0 Å². The van der Waals surface area contributed by atoms with E-state index in [1.54, 1.807) is 0 Å². The van der Waals surface area contributed by atoms with Gasteiger partial charge in [-0.25, -0.2) is 0 Å². The molecule has 1 saturated heterocycles. The molecule has 2 heteroatoms. The van der Waals surface area contributed by atoms with Gasteiger partial charge in [-0.2, -0.15) is 0 Å². The van der Waals surface area contributed by atoms with Crippen LogP contribution in [-0.4, -0.2) is 31.6 Å². The minimum atomic E-state index is 1.18. The molecule has 16 heavy (non-hydrogen) atoms. The molecule has 0 amide bonds. The maximum Gasteiger partial charge on any atom is 0.0337 e. The van der Waals surface area contributed by atoms with Crippen LogP contribution in [0, 0.1) is 0 Å². The quantitative estimate of drug-likeness (QED) is 0.836. The van der Waals surface area contributed by atoms with Gasteiger partial charge in [-0.05, 0) is 50.0 Å². The number of nitrogens with one attached hydrogen (secondary N) is 1. The number of rotatable bonds is 4. The number of nitrogens with zero attached hydrogens (tertiary/aromatic N) is 1. The molecule has 1 aromatic carbocycles. The molecule has 1 N–H and O–H groups in total. The largest absolute Gasteiger partial charge is 0.388 e. The minimum Gasteiger partial charge on any atom is -0.388 e. The highest BCUT2D eigenvalue weighted by molar-refractivity contribution is 5.43. The molecule has 1 aromatic rings. The van der Waals surface area contributed by atoms with Crippen molar-refractivity contribution >= 4 is 5.69 Å². The zero-order valence-electron chi connectivity index (χ0n) is 10.2. The van der Waals surface area contributed by atoms with Gasteiger partial charge in [0.05, 0.1) is 0 Å². The summed E-state index contributed by atoms with van der Waals surface area (Å²) in [7, 11) is 1.96. The van der Waals surface area contributed by atoms with E-state index >= 15 is 0 Å². The molecule has 0 spiro atoms. The normalized spacial score (nSPS) is 17.3. The number of likely N-dealkylation sites (tertiary alicyclic amines) is 1. The first-order valence-corrected chi connectivity index (χ1v) is 6.37. The van der Waals surface area contributed by atoms with Crippen molar-refractivity contribution in [2.75, 3.05) is 32.0 Å². The minimum absolute atomic E-state index is 1.18. The van der Waals surface area contributed by atoms with E-state index in [1.807, 2.05) is 7.05 Å². The Hall–Kier alpha value is -1.02. The van der Waals surface area contributed by atoms with Gasteiger partial charge in [-0.1, -0.05) is 18.6 Å². The van der Waals surface area contributed by atoms with Gasteiger partial charge in [0.2, 0.25) is 0 Å². The van der Waals surface area contributed by atoms with E-state index in [0.717, 1.165) is 0 Å². The lowest BCUT2D eigenvalue weighted by molar-refractivity contribution is 0.231. The lowest BCUT2D eigenvalue weighted by atomic mass is 10.1. The first-order chi connectivity index (χ1) is 7.88. The Bertz CT molecular complexity index is 299. The van der Waals surface area contributed by atoms with Crippen molar-refractivity contribution in [3.8, 4) is 0 Å². The molecule has 0 unspecified atom stereocenters. The van der Waals surface area contributed by atoms with Gasteiger partial charge in [-0.3, -0.25) is 0 Å². The predicted molar refractivity (Wildman–Crippen MR) is 70.0 cm³/mol. The van der Waals surface area contributed by atoms with E-state index in [0.29, 0.717) is 0 Å². The second kappa shape index (κ2) is 5.90. The number of benzene rings is 1. The van der Waals surface area contributed by atoms with Crippen LogP contribution >= 0.6 is 0 Å². The highest BCUT2D eigenvalue weighted by Gasteiger charge is 2.09. The molecule has 1 fully saturated rings. The molecule has 0 saturated carbocycles. The van der Waals surface area contributed by atoms with E-state index < -0.39 is 0 Å². The lowest BCUT2D eigenvalue weighted by Crippen LogP contribution is -2.31. The van der Waals surface area contributed by atoms with Crippen molar-refractivity contribution < 1.29 is 0 Å². The monoisotopic (exact) mass is 218 g/mol. The van der Waals surface area contributed by atoms with E-state index in [9.17, 15) is 0 Å². The Morgan fingerprint density at radius 3 is 2.38 bits per heavy atom. The molecule has 0 aliphatic carbocycles. The number of hydrogen-bond donors (Lipinski definition) is 1. The third-order valence-electron chi connectivity index (χ3n) is 3.41. The predicted octanol–water partition coefficient (Wildman–Crippen LogP) is 2.76. The molecule has 2 nitrogen and oxygen atoms in total. The van der Waals surface area contributed by atoms with E-state index in [4.69, 9.17) is 0 Å². The van der Waals surface area contributed by atoms with Crippen LogP contribution in [0.1, 0.15) is 24.8 Å². The van der Waals surface area contributed by atoms with Crippen molar-refractivity contribution in [3.05, 3.63) is 29.8 Å². The van der Waals surface area contributed by atoms with Gasteiger partial charge in [-0.15, -0.1) is 0 Å². The summed E-state index contributed by atoms with van der Waals surface area (Å²) in [4.78, 5) is 2.59. The standard InChI is InChI=1S/C14H22N2/c1-15-14-7-5-13(6-8-14)9-12-16-10-3-2-4-11-16/h5-8,15H,2-4,9-12H2,1H3. The van der Waals surface area contributed by atoms with Crippen LogP contribution in [0.4, 0.5) is 5.69 Å². The highest BCUT2D eigenvalue weighted by atomic mass is 15.1. The fourth-order valence-corrected chi connectivity index (χ4v) is 2.31. The Kier molecular flexibility index (Phi) is 4.23. The Balaban J connectivity index is 1.79. The fraction of sp³-hybridized carbons (Fsp3) is 0.571. The molecule has 0 radical (unpaired) electrons. The molecule has 2 rings (SSSR count). The summed E-state index contributed by atoms with van der Waals surface area (Å²) < 4.78 is 0. The van der Waals surface area contributed by atoms with E-state index in [-0.39, 0.29) is 0 Å². The third-order valence-corrected chi connectivity index (χ3v) is 3.41. The van der Waals surface area contributed by atoms with Gasteiger partial charge in [0.15, 0.2) is 0 Å². The van der Waals surface area contributed by atoms with Crippen molar-refractivity contribution in [2.45, 2.75) is 25.7 Å². The van der Waals surface area contributed by atoms with Gasteiger partial charge in [0.1, 0.15) is 0 Å². The lowest BCUT2D eigenvalue weighted by Gasteiger charge is -2.26. The summed E-state index contributed by atoms with van der Waals surface area (Å²) in [5.41, 5.74) is 2.64. The summed E-state index contributed by atoms with van der Waals surface area (Å²) in [6, 6.07) is 8.78. The van der Waals surface area contributed by atoms with Crippen LogP contribution in [0.5, 0.6) is 0 Å². The van der Waals surface area contributed by atoms with E-state index in [2.05, 4.69) is 34.5 Å². The van der Waals surface area contributed by atoms with Crippen LogP contribution in [0.15, 0.2) is 24.3 Å². The number of anilines is 1. The molecule has 0 atom stereocenters. The average Bonchev–Trinajstić information content (AvgIpc) is 2.38. The molecular formula is C14H22N2. The van der Waals surface area contributed by atoms with Gasteiger partial charge < -0.3 is 10.2 Å². The maximum absolute atomic E-state index is 3.15. The van der Waals surface area contributed by atoms with Crippen molar-refractivity contribution in [2.24, 2.45) is 0 Å². The first kappa shape index (κ1) is 11.5. The second-order valence-corrected chi connectivity index (χ2v) is 4.60. The topological polar surface area (TPSA) is 15.3 Å². The molecular weight excluding hydrogens is 196 g/mol. The van der Waals surface area contributed by atoms with Gasteiger partial charge >= 0.3 is 0 Å². The molecule has 0 bridgehead atoms. The van der Waals surface area contributed by atoms with Crippen LogP contribution < -0.4 is 5.32 Å². The molecule has 1 heterocycles. The van der Waals surface area contributed by atoms with E-state index in [1.165, 1.54) is 56.6 Å². The Morgan fingerprint density at radius 1 is 1.06 bits per heavy atom. The second-order valence-electron chi connectivity index (χ2n) is 4.60. The van der Waals surface area contributed by atoms with Crippen LogP contribution in [-0.2, 0) is 6.42 Å². The average molecular weight is 218 g/mol. The zero-order chi connectivity index (χ0) is 11.2. The molecule has 1 aliphatic rings. The summed E-state index contributed by atoms with van der Waals surface area (Å²) in [6.45, 7) is 3.82. The number of hydrogen-bond acceptors (Lipinski definition) is 2. The van der Waals surface area contributed by atoms with Gasteiger partial charge in [0, 0.05) is 19.3 Å². The Labute approximate surface area is 98.7 Å². The zero-order valence-corrected chi connectivity index (χ0v) is 10.2. The number of piperidine rings is 1. The third kappa shape index (κ3) is 3.24. The molecule has 1 aliphatic heterocycles. The van der Waals surface area contributed by atoms with Crippen molar-refractivity contribution in [1.29, 1.82) is 0 Å². The molecule has 88 valence electrons. The van der Waals surface area contributed by atoms with Crippen molar-refractivity contribution in [1.82, 2.24) is 4.90 Å². The summed E-state index contributed by atoms with van der Waals surface area (Å²) in [6.07, 6.45) is 5.38. The highest BCUT2D eigenvalue weighted by Crippen LogP contribution is 2.12. The SMILES string of the molecule is CNc1ccc(CCN2CCCCC2)cc1. The Morgan fingerprint density at radius 2 is 1.75 bits per heavy atom. The van der Waals surface area contributed by atoms with Crippen molar-refractivity contribution in [3.63, 3.8) is 0 Å². The summed E-state index contributed by atoms with van der Waals surface area (Å²) in [5, 5.41) is 3.15. The smallest absolute Gasteiger partial charge is 0.0337 e. The van der Waals surface area contributed by atoms with Crippen LogP contribution in [0.3, 0.4) is 0 Å². The van der Waals surface area contributed by atoms with Crippen LogP contribution in [0.2, 0.25) is 0 Å². The summed E-state index contributed by atoms with van der Waals surface area (Å²) in [5.74, 6) is 0. The summed E-state index contributed by atoms with van der Waals surface area (Å²) >= 11 is 0. The fourth-order valence-electron chi connectivity index (χ4n) is 2.31.